The van der Waals surface area contributed by atoms with Crippen molar-refractivity contribution in [1.29, 1.82) is 0 Å². The summed E-state index contributed by atoms with van der Waals surface area (Å²) < 4.78 is 0. The molecule has 0 amide bonds. The number of Topliss-reactive ketones (excluding diaryl/α,β-unsaturated/α-hetero) is 1. The van der Waals surface area contributed by atoms with Crippen LogP contribution in [-0.4, -0.2) is 29.8 Å². The number of halogens is 1. The number of benzene rings is 1. The highest BCUT2D eigenvalue weighted by Crippen LogP contribution is 2.20. The van der Waals surface area contributed by atoms with Gasteiger partial charge in [-0.15, -0.1) is 0 Å². The number of carbonyl (C=O) groups is 1. The van der Waals surface area contributed by atoms with Crippen LogP contribution in [0.1, 0.15) is 43.0 Å². The molecule has 2 rings (SSSR count). The third kappa shape index (κ3) is 3.33. The number of rotatable bonds is 5. The fraction of sp³-hybridized carbons (Fsp3) is 0.533. The predicted molar refractivity (Wildman–Crippen MR) is 75.3 cm³/mol. The molecule has 3 heteroatoms. The average molecular weight is 266 g/mol. The molecule has 0 N–H and O–H groups in total. The zero-order chi connectivity index (χ0) is 13.0. The maximum absolute atomic E-state index is 12.0. The van der Waals surface area contributed by atoms with E-state index in [0.29, 0.717) is 17.5 Å². The molecule has 18 heavy (non-hydrogen) atoms. The standard InChI is InChI=1S/C15H20ClNO/c1-2-14-4-3-10-17(14)11-9-15(18)12-5-7-13(16)8-6-12/h5-8,14H,2-4,9-11H2,1H3. The number of nitrogens with zero attached hydrogens (tertiary/aromatic N) is 1. The molecule has 1 unspecified atom stereocenters. The lowest BCUT2D eigenvalue weighted by Gasteiger charge is -2.22. The molecule has 2 nitrogen and oxygen atoms in total. The Morgan fingerprint density at radius 1 is 1.39 bits per heavy atom. The molecule has 1 aliphatic heterocycles. The van der Waals surface area contributed by atoms with E-state index in [9.17, 15) is 4.79 Å². The summed E-state index contributed by atoms with van der Waals surface area (Å²) in [6, 6.07) is 7.86. The van der Waals surface area contributed by atoms with E-state index >= 15 is 0 Å². The fourth-order valence-corrected chi connectivity index (χ4v) is 2.80. The summed E-state index contributed by atoms with van der Waals surface area (Å²) in [5.74, 6) is 0.216. The Labute approximate surface area is 114 Å². The summed E-state index contributed by atoms with van der Waals surface area (Å²) in [5.41, 5.74) is 0.770. The lowest BCUT2D eigenvalue weighted by atomic mass is 10.1. The quantitative estimate of drug-likeness (QED) is 0.755. The summed E-state index contributed by atoms with van der Waals surface area (Å²) in [7, 11) is 0. The van der Waals surface area contributed by atoms with Crippen molar-refractivity contribution in [1.82, 2.24) is 4.90 Å². The first-order valence-corrected chi connectivity index (χ1v) is 7.11. The van der Waals surface area contributed by atoms with Gasteiger partial charge in [0.25, 0.3) is 0 Å². The van der Waals surface area contributed by atoms with Crippen molar-refractivity contribution in [2.75, 3.05) is 13.1 Å². The Morgan fingerprint density at radius 3 is 2.78 bits per heavy atom. The van der Waals surface area contributed by atoms with Gasteiger partial charge in [0.15, 0.2) is 5.78 Å². The maximum atomic E-state index is 12.0. The number of carbonyl (C=O) groups excluding carboxylic acids is 1. The van der Waals surface area contributed by atoms with Crippen molar-refractivity contribution in [3.05, 3.63) is 34.9 Å². The largest absolute Gasteiger partial charge is 0.300 e. The van der Waals surface area contributed by atoms with Gasteiger partial charge in [0, 0.05) is 29.6 Å². The van der Waals surface area contributed by atoms with Crippen LogP contribution in [0.2, 0.25) is 5.02 Å². The van der Waals surface area contributed by atoms with Gasteiger partial charge in [-0.25, -0.2) is 0 Å². The second-order valence-corrected chi connectivity index (χ2v) is 5.36. The zero-order valence-corrected chi connectivity index (χ0v) is 11.6. The van der Waals surface area contributed by atoms with E-state index in [-0.39, 0.29) is 5.78 Å². The monoisotopic (exact) mass is 265 g/mol. The van der Waals surface area contributed by atoms with Gasteiger partial charge in [-0.05, 0) is 50.1 Å². The van der Waals surface area contributed by atoms with E-state index < -0.39 is 0 Å². The van der Waals surface area contributed by atoms with Crippen LogP contribution in [0.15, 0.2) is 24.3 Å². The Kier molecular flexibility index (Phi) is 4.79. The Bertz CT molecular complexity index is 401. The first kappa shape index (κ1) is 13.6. The lowest BCUT2D eigenvalue weighted by molar-refractivity contribution is 0.0960. The molecule has 1 aliphatic rings. The zero-order valence-electron chi connectivity index (χ0n) is 10.9. The second kappa shape index (κ2) is 6.35. The Balaban J connectivity index is 1.86. The second-order valence-electron chi connectivity index (χ2n) is 4.92. The summed E-state index contributed by atoms with van der Waals surface area (Å²) in [4.78, 5) is 14.5. The third-order valence-electron chi connectivity index (χ3n) is 3.76. The molecule has 0 radical (unpaired) electrons. The minimum Gasteiger partial charge on any atom is -0.300 e. The van der Waals surface area contributed by atoms with E-state index in [0.717, 1.165) is 18.7 Å². The van der Waals surface area contributed by atoms with Crippen LogP contribution in [0.25, 0.3) is 0 Å². The number of ketones is 1. The van der Waals surface area contributed by atoms with Crippen molar-refractivity contribution in [3.8, 4) is 0 Å². The normalized spacial score (nSPS) is 20.2. The topological polar surface area (TPSA) is 20.3 Å². The van der Waals surface area contributed by atoms with Gasteiger partial charge in [-0.1, -0.05) is 18.5 Å². The number of likely N-dealkylation sites (tertiary alicyclic amines) is 1. The molecule has 1 atom stereocenters. The van der Waals surface area contributed by atoms with Gasteiger partial charge in [0.1, 0.15) is 0 Å². The van der Waals surface area contributed by atoms with E-state index in [1.54, 1.807) is 12.1 Å². The molecule has 98 valence electrons. The molecule has 0 bridgehead atoms. The highest BCUT2D eigenvalue weighted by molar-refractivity contribution is 6.30. The van der Waals surface area contributed by atoms with Gasteiger partial charge in [-0.2, -0.15) is 0 Å². The van der Waals surface area contributed by atoms with Gasteiger partial charge >= 0.3 is 0 Å². The van der Waals surface area contributed by atoms with Gasteiger partial charge in [0.05, 0.1) is 0 Å². The molecule has 0 spiro atoms. The van der Waals surface area contributed by atoms with Crippen LogP contribution in [0.3, 0.4) is 0 Å². The van der Waals surface area contributed by atoms with Crippen molar-refractivity contribution in [2.24, 2.45) is 0 Å². The SMILES string of the molecule is CCC1CCCN1CCC(=O)c1ccc(Cl)cc1. The Morgan fingerprint density at radius 2 is 2.11 bits per heavy atom. The summed E-state index contributed by atoms with van der Waals surface area (Å²) >= 11 is 5.82. The van der Waals surface area contributed by atoms with Crippen LogP contribution in [0.5, 0.6) is 0 Å². The number of hydrogen-bond acceptors (Lipinski definition) is 2. The first-order valence-electron chi connectivity index (χ1n) is 6.73. The molecule has 1 saturated heterocycles. The molecule has 0 aliphatic carbocycles. The van der Waals surface area contributed by atoms with E-state index in [4.69, 9.17) is 11.6 Å². The minimum atomic E-state index is 0.216. The molecular weight excluding hydrogens is 246 g/mol. The molecule has 1 aromatic rings. The van der Waals surface area contributed by atoms with Crippen molar-refractivity contribution < 1.29 is 4.79 Å². The number of hydrogen-bond donors (Lipinski definition) is 0. The molecule has 1 aromatic carbocycles. The fourth-order valence-electron chi connectivity index (χ4n) is 2.68. The average Bonchev–Trinajstić information content (AvgIpc) is 2.84. The van der Waals surface area contributed by atoms with Crippen LogP contribution in [-0.2, 0) is 0 Å². The Hall–Kier alpha value is -0.860. The van der Waals surface area contributed by atoms with Crippen LogP contribution in [0, 0.1) is 0 Å². The molecule has 1 fully saturated rings. The van der Waals surface area contributed by atoms with E-state index in [2.05, 4.69) is 11.8 Å². The van der Waals surface area contributed by atoms with Crippen molar-refractivity contribution in [3.63, 3.8) is 0 Å². The highest BCUT2D eigenvalue weighted by atomic mass is 35.5. The van der Waals surface area contributed by atoms with Gasteiger partial charge in [-0.3, -0.25) is 9.69 Å². The molecule has 0 saturated carbocycles. The van der Waals surface area contributed by atoms with Crippen LogP contribution in [0.4, 0.5) is 0 Å². The van der Waals surface area contributed by atoms with Crippen molar-refractivity contribution >= 4 is 17.4 Å². The molecule has 0 aromatic heterocycles. The molecule has 1 heterocycles. The van der Waals surface area contributed by atoms with Gasteiger partial charge in [0.2, 0.25) is 0 Å². The summed E-state index contributed by atoms with van der Waals surface area (Å²) in [5, 5.41) is 0.678. The summed E-state index contributed by atoms with van der Waals surface area (Å²) in [6.07, 6.45) is 4.35. The van der Waals surface area contributed by atoms with E-state index in [1.807, 2.05) is 12.1 Å². The van der Waals surface area contributed by atoms with Gasteiger partial charge < -0.3 is 0 Å². The summed E-state index contributed by atoms with van der Waals surface area (Å²) in [6.45, 7) is 4.26. The minimum absolute atomic E-state index is 0.216. The predicted octanol–water partition coefficient (Wildman–Crippen LogP) is 3.79. The maximum Gasteiger partial charge on any atom is 0.164 e. The highest BCUT2D eigenvalue weighted by Gasteiger charge is 2.22. The van der Waals surface area contributed by atoms with E-state index in [1.165, 1.54) is 19.3 Å². The lowest BCUT2D eigenvalue weighted by Crippen LogP contribution is -2.30. The van der Waals surface area contributed by atoms with Crippen LogP contribution >= 0.6 is 11.6 Å². The first-order chi connectivity index (χ1) is 8.70. The third-order valence-corrected chi connectivity index (χ3v) is 4.01. The van der Waals surface area contributed by atoms with Crippen molar-refractivity contribution in [2.45, 2.75) is 38.6 Å². The van der Waals surface area contributed by atoms with Crippen LogP contribution < -0.4 is 0 Å². The molecular formula is C15H20ClNO. The smallest absolute Gasteiger partial charge is 0.164 e.